The molecule has 0 spiro atoms. The van der Waals surface area contributed by atoms with Gasteiger partial charge in [-0.15, -0.1) is 4.72 Å². The van der Waals surface area contributed by atoms with E-state index >= 15 is 4.39 Å². The molecular formula is C22H28BrF2N3O5S. The van der Waals surface area contributed by atoms with Gasteiger partial charge in [0, 0.05) is 47.1 Å². The van der Waals surface area contributed by atoms with Crippen molar-refractivity contribution in [3.8, 4) is 0 Å². The lowest BCUT2D eigenvalue weighted by Gasteiger charge is -2.38. The Morgan fingerprint density at radius 1 is 1.29 bits per heavy atom. The molecule has 1 aromatic carbocycles. The number of rotatable bonds is 7. The number of carbonyl (C=O) groups is 3. The van der Waals surface area contributed by atoms with E-state index in [0.717, 1.165) is 11.0 Å². The number of ether oxygens (including phenoxy) is 1. The minimum atomic E-state index is -1.97. The van der Waals surface area contributed by atoms with Crippen molar-refractivity contribution in [1.29, 1.82) is 0 Å². The summed E-state index contributed by atoms with van der Waals surface area (Å²) >= 11 is 1.45. The van der Waals surface area contributed by atoms with Crippen LogP contribution in [0.1, 0.15) is 51.6 Å². The van der Waals surface area contributed by atoms with Gasteiger partial charge in [-0.3, -0.25) is 19.8 Å². The fraction of sp³-hybridized carbons (Fsp3) is 0.591. The molecule has 1 aromatic rings. The first-order chi connectivity index (χ1) is 15.9. The van der Waals surface area contributed by atoms with Gasteiger partial charge in [0.05, 0.1) is 0 Å². The number of urea groups is 1. The van der Waals surface area contributed by atoms with Crippen molar-refractivity contribution in [1.82, 2.24) is 14.9 Å². The average Bonchev–Trinajstić information content (AvgIpc) is 2.76. The number of carbonyl (C=O) groups excluding carboxylic acids is 3. The van der Waals surface area contributed by atoms with Crippen molar-refractivity contribution in [2.45, 2.75) is 63.0 Å². The lowest BCUT2D eigenvalue weighted by atomic mass is 9.91. The molecule has 34 heavy (non-hydrogen) atoms. The number of halogens is 3. The van der Waals surface area contributed by atoms with Crippen LogP contribution < -0.4 is 10.0 Å². The Kier molecular flexibility index (Phi) is 8.72. The Morgan fingerprint density at radius 2 is 1.94 bits per heavy atom. The second kappa shape index (κ2) is 11.0. The van der Waals surface area contributed by atoms with E-state index in [4.69, 9.17) is 4.74 Å². The average molecular weight is 564 g/mol. The van der Waals surface area contributed by atoms with Crippen molar-refractivity contribution in [3.63, 3.8) is 0 Å². The van der Waals surface area contributed by atoms with Crippen LogP contribution in [0.15, 0.2) is 22.7 Å². The number of alkyl halides is 1. The maximum absolute atomic E-state index is 15.8. The molecule has 8 nitrogen and oxygen atoms in total. The molecule has 2 fully saturated rings. The van der Waals surface area contributed by atoms with Crippen LogP contribution in [0.2, 0.25) is 0 Å². The first kappa shape index (κ1) is 27.0. The van der Waals surface area contributed by atoms with Crippen LogP contribution in [-0.2, 0) is 25.7 Å². The molecular weight excluding hydrogens is 536 g/mol. The van der Waals surface area contributed by atoms with Gasteiger partial charge in [0.15, 0.2) is 0 Å². The van der Waals surface area contributed by atoms with E-state index in [1.54, 1.807) is 20.8 Å². The fourth-order valence-electron chi connectivity index (χ4n) is 3.87. The predicted octanol–water partition coefficient (Wildman–Crippen LogP) is 3.28. The zero-order valence-electron chi connectivity index (χ0n) is 19.1. The second-order valence-corrected chi connectivity index (χ2v) is 12.2. The smallest absolute Gasteiger partial charge is 0.331 e. The molecule has 0 radical (unpaired) electrons. The van der Waals surface area contributed by atoms with E-state index in [1.165, 1.54) is 12.1 Å². The normalized spacial score (nSPS) is 23.0. The van der Waals surface area contributed by atoms with Crippen molar-refractivity contribution in [3.05, 3.63) is 34.1 Å². The van der Waals surface area contributed by atoms with Crippen molar-refractivity contribution in [2.75, 3.05) is 13.2 Å². The van der Waals surface area contributed by atoms with Gasteiger partial charge in [0.25, 0.3) is 0 Å². The monoisotopic (exact) mass is 563 g/mol. The van der Waals surface area contributed by atoms with E-state index < -0.39 is 70.4 Å². The summed E-state index contributed by atoms with van der Waals surface area (Å²) in [7, 11) is 0. The Hall–Kier alpha value is -1.60. The molecule has 0 bridgehead atoms. The molecule has 0 aromatic heterocycles. The molecule has 2 aliphatic heterocycles. The Bertz CT molecular complexity index is 942. The highest BCUT2D eigenvalue weighted by atomic mass is 79.9. The predicted molar refractivity (Wildman–Crippen MR) is 125 cm³/mol. The third-order valence-electron chi connectivity index (χ3n) is 5.76. The van der Waals surface area contributed by atoms with E-state index in [-0.39, 0.29) is 5.56 Å². The molecule has 12 heteroatoms. The molecule has 4 amide bonds. The second-order valence-electron chi connectivity index (χ2n) is 9.29. The quantitative estimate of drug-likeness (QED) is 0.389. The zero-order valence-corrected chi connectivity index (χ0v) is 21.5. The van der Waals surface area contributed by atoms with Crippen LogP contribution in [0.5, 0.6) is 0 Å². The Morgan fingerprint density at radius 3 is 2.56 bits per heavy atom. The first-order valence-electron chi connectivity index (χ1n) is 10.9. The molecule has 188 valence electrons. The van der Waals surface area contributed by atoms with Gasteiger partial charge in [0.2, 0.25) is 11.8 Å². The largest absolute Gasteiger partial charge is 0.598 e. The number of hydrogen-bond donors (Lipinski definition) is 2. The Labute approximate surface area is 208 Å². The lowest BCUT2D eigenvalue weighted by molar-refractivity contribution is -0.146. The van der Waals surface area contributed by atoms with Crippen LogP contribution in [0.3, 0.4) is 0 Å². The van der Waals surface area contributed by atoms with Crippen LogP contribution in [-0.4, -0.2) is 57.5 Å². The number of imide groups is 2. The third-order valence-corrected chi connectivity index (χ3v) is 7.84. The molecule has 4 atom stereocenters. The van der Waals surface area contributed by atoms with Crippen LogP contribution in [0, 0.1) is 11.7 Å². The zero-order chi connectivity index (χ0) is 25.2. The number of benzene rings is 1. The van der Waals surface area contributed by atoms with Crippen molar-refractivity contribution in [2.24, 2.45) is 5.92 Å². The fourth-order valence-corrected chi connectivity index (χ4v) is 5.11. The van der Waals surface area contributed by atoms with E-state index in [2.05, 4.69) is 26.0 Å². The maximum Gasteiger partial charge on any atom is 0.331 e. The summed E-state index contributed by atoms with van der Waals surface area (Å²) in [6.45, 7) is 5.74. The minimum absolute atomic E-state index is 0.0968. The van der Waals surface area contributed by atoms with Gasteiger partial charge in [-0.2, -0.15) is 0 Å². The van der Waals surface area contributed by atoms with Crippen molar-refractivity contribution >= 4 is 45.1 Å². The number of hydrogen-bond acceptors (Lipinski definition) is 6. The van der Waals surface area contributed by atoms with Crippen LogP contribution in [0.25, 0.3) is 0 Å². The highest BCUT2D eigenvalue weighted by Crippen LogP contribution is 2.33. The molecule has 2 heterocycles. The topological polar surface area (TPSA) is 111 Å². The molecule has 2 saturated heterocycles. The number of barbiturate groups is 1. The standard InChI is InChI=1S/C22H28BrF2N3O5S/c1-22(2,3)34(32)27-18(14-10-12(23)4-5-16(14)24)17(25)11-15-19(29)26-21(31)28(20(15)30)13-6-8-33-9-7-13/h4-5,10,13,15,17-18,27H,6-9,11H2,1-3H3,(H,26,29,31)/t15?,17-,18+,34-/m1/s1. The molecule has 3 rings (SSSR count). The summed E-state index contributed by atoms with van der Waals surface area (Å²) in [6.07, 6.45) is -1.77. The summed E-state index contributed by atoms with van der Waals surface area (Å²) < 4.78 is 50.8. The molecule has 0 saturated carbocycles. The molecule has 2 aliphatic rings. The maximum atomic E-state index is 15.8. The lowest BCUT2D eigenvalue weighted by Crippen LogP contribution is -2.62. The van der Waals surface area contributed by atoms with E-state index in [9.17, 15) is 23.3 Å². The van der Waals surface area contributed by atoms with Crippen LogP contribution in [0.4, 0.5) is 13.6 Å². The Balaban J connectivity index is 1.87. The van der Waals surface area contributed by atoms with E-state index in [1.807, 2.05) is 0 Å². The molecule has 0 aliphatic carbocycles. The summed E-state index contributed by atoms with van der Waals surface area (Å²) in [6, 6.07) is 1.24. The van der Waals surface area contributed by atoms with Gasteiger partial charge in [-0.1, -0.05) is 15.9 Å². The van der Waals surface area contributed by atoms with Gasteiger partial charge >= 0.3 is 6.03 Å². The number of nitrogens with one attached hydrogen (secondary N) is 2. The van der Waals surface area contributed by atoms with E-state index in [0.29, 0.717) is 30.5 Å². The highest BCUT2D eigenvalue weighted by Gasteiger charge is 2.46. The third kappa shape index (κ3) is 6.14. The highest BCUT2D eigenvalue weighted by molar-refractivity contribution is 9.10. The van der Waals surface area contributed by atoms with Gasteiger partial charge < -0.3 is 9.29 Å². The first-order valence-corrected chi connectivity index (χ1v) is 12.9. The molecule has 1 unspecified atom stereocenters. The summed E-state index contributed by atoms with van der Waals surface area (Å²) in [5.74, 6) is -3.93. The minimum Gasteiger partial charge on any atom is -0.598 e. The van der Waals surface area contributed by atoms with Gasteiger partial charge in [-0.25, -0.2) is 13.6 Å². The van der Waals surface area contributed by atoms with Gasteiger partial charge in [-0.05, 0) is 51.8 Å². The molecule has 2 N–H and O–H groups in total. The van der Waals surface area contributed by atoms with Crippen LogP contribution >= 0.6 is 15.9 Å². The summed E-state index contributed by atoms with van der Waals surface area (Å²) in [4.78, 5) is 39.0. The van der Waals surface area contributed by atoms with Gasteiger partial charge in [0.1, 0.15) is 28.7 Å². The number of nitrogens with zero attached hydrogens (tertiary/aromatic N) is 1. The summed E-state index contributed by atoms with van der Waals surface area (Å²) in [5, 5.41) is 2.13. The number of amides is 4. The van der Waals surface area contributed by atoms with Crippen molar-refractivity contribution < 1.29 is 32.5 Å². The summed E-state index contributed by atoms with van der Waals surface area (Å²) in [5.41, 5.74) is -0.0968. The SMILES string of the molecule is CC(C)(C)[S@@+]([O-])N[C@@H](c1cc(Br)ccc1F)[C@H](F)CC1C(=O)NC(=O)N(C2CCOCC2)C1=O.